The molecule has 20 heavy (non-hydrogen) atoms. The molecule has 2 fully saturated rings. The number of fused-ring (bicyclic) bond motifs is 2. The monoisotopic (exact) mass is 319 g/mol. The van der Waals surface area contributed by atoms with Crippen molar-refractivity contribution in [2.45, 2.75) is 23.5 Å². The Bertz CT molecular complexity index is 744. The molecule has 0 radical (unpaired) electrons. The second kappa shape index (κ2) is 4.51. The van der Waals surface area contributed by atoms with Crippen molar-refractivity contribution in [2.75, 3.05) is 12.3 Å². The van der Waals surface area contributed by atoms with Gasteiger partial charge in [-0.25, -0.2) is 21.2 Å². The topological polar surface area (TPSA) is 71.5 Å². The van der Waals surface area contributed by atoms with Gasteiger partial charge in [0.15, 0.2) is 9.84 Å². The van der Waals surface area contributed by atoms with Crippen molar-refractivity contribution in [1.29, 1.82) is 0 Å². The molecule has 0 saturated carbocycles. The minimum Gasteiger partial charge on any atom is -0.228 e. The van der Waals surface area contributed by atoms with Crippen LogP contribution in [0.15, 0.2) is 24.3 Å². The Labute approximate surface area is 117 Å². The first kappa shape index (κ1) is 14.0. The number of hydrogen-bond donors (Lipinski definition) is 0. The molecule has 0 aliphatic carbocycles. The van der Waals surface area contributed by atoms with E-state index in [0.717, 1.165) is 0 Å². The molecule has 3 rings (SSSR count). The zero-order valence-electron chi connectivity index (χ0n) is 10.6. The predicted octanol–water partition coefficient (Wildman–Crippen LogP) is 0.527. The number of nitrogens with zero attached hydrogens (tertiary/aromatic N) is 1. The highest BCUT2D eigenvalue weighted by atomic mass is 32.2. The summed E-state index contributed by atoms with van der Waals surface area (Å²) in [4.78, 5) is 0. The number of sulfone groups is 1. The first-order valence-electron chi connectivity index (χ1n) is 6.24. The molecule has 2 aliphatic rings. The normalized spacial score (nSPS) is 28.9. The fourth-order valence-corrected chi connectivity index (χ4v) is 6.93. The van der Waals surface area contributed by atoms with Crippen LogP contribution in [0.3, 0.4) is 0 Å². The van der Waals surface area contributed by atoms with Gasteiger partial charge in [-0.1, -0.05) is 18.2 Å². The molecular weight excluding hydrogens is 305 g/mol. The number of benzene rings is 1. The van der Waals surface area contributed by atoms with Crippen molar-refractivity contribution in [2.24, 2.45) is 0 Å². The summed E-state index contributed by atoms with van der Waals surface area (Å²) in [5, 5.41) is -0.595. The van der Waals surface area contributed by atoms with E-state index in [9.17, 15) is 21.2 Å². The zero-order chi connectivity index (χ0) is 14.5. The molecule has 0 N–H and O–H groups in total. The predicted molar refractivity (Wildman–Crippen MR) is 71.7 cm³/mol. The lowest BCUT2D eigenvalue weighted by molar-refractivity contribution is 0.401. The molecule has 5 nitrogen and oxygen atoms in total. The minimum atomic E-state index is -3.69. The van der Waals surface area contributed by atoms with Gasteiger partial charge in [0.25, 0.3) is 0 Å². The van der Waals surface area contributed by atoms with Crippen LogP contribution in [0.5, 0.6) is 0 Å². The van der Waals surface area contributed by atoms with Crippen molar-refractivity contribution >= 4 is 19.9 Å². The van der Waals surface area contributed by atoms with E-state index in [1.807, 2.05) is 0 Å². The van der Waals surface area contributed by atoms with E-state index in [1.165, 1.54) is 22.5 Å². The first-order valence-corrected chi connectivity index (χ1v) is 9.56. The van der Waals surface area contributed by atoms with Gasteiger partial charge >= 0.3 is 0 Å². The van der Waals surface area contributed by atoms with Crippen molar-refractivity contribution in [3.63, 3.8) is 0 Å². The van der Waals surface area contributed by atoms with E-state index < -0.39 is 42.7 Å². The highest BCUT2D eigenvalue weighted by Crippen LogP contribution is 2.35. The van der Waals surface area contributed by atoms with E-state index in [1.54, 1.807) is 6.07 Å². The fourth-order valence-electron chi connectivity index (χ4n) is 2.90. The van der Waals surface area contributed by atoms with Gasteiger partial charge in [-0.3, -0.25) is 0 Å². The molecule has 2 atom stereocenters. The molecule has 0 aromatic heterocycles. The molecule has 2 saturated heterocycles. The van der Waals surface area contributed by atoms with E-state index in [0.29, 0.717) is 6.42 Å². The number of sulfonamides is 1. The van der Waals surface area contributed by atoms with Crippen LogP contribution in [0.25, 0.3) is 0 Å². The van der Waals surface area contributed by atoms with Gasteiger partial charge in [-0.05, 0) is 12.5 Å². The Morgan fingerprint density at radius 3 is 2.55 bits per heavy atom. The number of halogens is 1. The number of hydrogen-bond acceptors (Lipinski definition) is 4. The summed E-state index contributed by atoms with van der Waals surface area (Å²) in [5.74, 6) is -1.11. The van der Waals surface area contributed by atoms with Gasteiger partial charge in [-0.2, -0.15) is 4.31 Å². The molecule has 0 spiro atoms. The van der Waals surface area contributed by atoms with Crippen LogP contribution in [0.4, 0.5) is 4.39 Å². The lowest BCUT2D eigenvalue weighted by atomic mass is 10.2. The summed E-state index contributed by atoms with van der Waals surface area (Å²) in [6.07, 6.45) is 0.360. The molecule has 8 heteroatoms. The Morgan fingerprint density at radius 1 is 1.30 bits per heavy atom. The molecule has 0 amide bonds. The van der Waals surface area contributed by atoms with Crippen LogP contribution < -0.4 is 0 Å². The van der Waals surface area contributed by atoms with Crippen molar-refractivity contribution < 1.29 is 21.2 Å². The fraction of sp³-hybridized carbons (Fsp3) is 0.500. The van der Waals surface area contributed by atoms with Gasteiger partial charge in [0.2, 0.25) is 10.0 Å². The molecule has 1 aromatic rings. The molecule has 1 aromatic carbocycles. The van der Waals surface area contributed by atoms with E-state index >= 15 is 0 Å². The van der Waals surface area contributed by atoms with Gasteiger partial charge in [-0.15, -0.1) is 0 Å². The van der Waals surface area contributed by atoms with Crippen molar-refractivity contribution in [3.8, 4) is 0 Å². The lowest BCUT2D eigenvalue weighted by Gasteiger charge is -2.26. The summed E-state index contributed by atoms with van der Waals surface area (Å²) in [6.45, 7) is 0.00376. The molecule has 2 heterocycles. The Morgan fingerprint density at radius 2 is 2.00 bits per heavy atom. The summed E-state index contributed by atoms with van der Waals surface area (Å²) < 4.78 is 62.7. The van der Waals surface area contributed by atoms with Crippen LogP contribution in [0.2, 0.25) is 0 Å². The quantitative estimate of drug-likeness (QED) is 0.815. The third-order valence-electron chi connectivity index (χ3n) is 3.91. The summed E-state index contributed by atoms with van der Waals surface area (Å²) in [6, 6.07) is 5.23. The summed E-state index contributed by atoms with van der Waals surface area (Å²) in [5.41, 5.74) is 0.109. The third kappa shape index (κ3) is 2.25. The zero-order valence-corrected chi connectivity index (χ0v) is 12.2. The van der Waals surface area contributed by atoms with Gasteiger partial charge in [0.1, 0.15) is 5.82 Å². The minimum absolute atomic E-state index is 0.00376. The Hall–Kier alpha value is -0.990. The van der Waals surface area contributed by atoms with Crippen LogP contribution in [0.1, 0.15) is 12.0 Å². The lowest BCUT2D eigenvalue weighted by Crippen LogP contribution is -2.44. The van der Waals surface area contributed by atoms with Crippen LogP contribution in [-0.4, -0.2) is 44.7 Å². The van der Waals surface area contributed by atoms with E-state index in [2.05, 4.69) is 0 Å². The molecule has 2 aliphatic heterocycles. The highest BCUT2D eigenvalue weighted by Gasteiger charge is 2.52. The maximum Gasteiger partial charge on any atom is 0.218 e. The molecule has 110 valence electrons. The van der Waals surface area contributed by atoms with Crippen LogP contribution in [-0.2, 0) is 25.6 Å². The maximum atomic E-state index is 13.5. The van der Waals surface area contributed by atoms with Crippen molar-refractivity contribution in [1.82, 2.24) is 4.31 Å². The van der Waals surface area contributed by atoms with Gasteiger partial charge < -0.3 is 0 Å². The van der Waals surface area contributed by atoms with Crippen LogP contribution >= 0.6 is 0 Å². The maximum absolute atomic E-state index is 13.5. The molecular formula is C12H14FNO4S2. The van der Waals surface area contributed by atoms with Gasteiger partial charge in [0.05, 0.1) is 16.8 Å². The molecule has 2 bridgehead atoms. The first-order chi connectivity index (χ1) is 9.29. The SMILES string of the molecule is O=S1(=O)CC2CC1CN2S(=O)(=O)Cc1ccccc1F. The second-order valence-electron chi connectivity index (χ2n) is 5.26. The smallest absolute Gasteiger partial charge is 0.218 e. The Balaban J connectivity index is 1.83. The average Bonchev–Trinajstić information content (AvgIpc) is 2.87. The van der Waals surface area contributed by atoms with Gasteiger partial charge in [0, 0.05) is 18.2 Å². The highest BCUT2D eigenvalue weighted by molar-refractivity contribution is 7.93. The largest absolute Gasteiger partial charge is 0.228 e. The van der Waals surface area contributed by atoms with Crippen molar-refractivity contribution in [3.05, 3.63) is 35.6 Å². The standard InChI is InChI=1S/C12H14FNO4S2/c13-12-4-2-1-3-9(12)7-20(17,18)14-6-11-5-10(14)8-19(11,15)16/h1-4,10-11H,5-8H2. The van der Waals surface area contributed by atoms with E-state index in [4.69, 9.17) is 0 Å². The average molecular weight is 319 g/mol. The number of rotatable bonds is 3. The molecule has 2 unspecified atom stereocenters. The van der Waals surface area contributed by atoms with Crippen LogP contribution in [0, 0.1) is 5.82 Å². The Kier molecular flexibility index (Phi) is 3.15. The van der Waals surface area contributed by atoms with E-state index in [-0.39, 0.29) is 17.9 Å². The summed E-state index contributed by atoms with van der Waals surface area (Å²) in [7, 11) is -6.83. The second-order valence-corrected chi connectivity index (χ2v) is 9.51. The summed E-state index contributed by atoms with van der Waals surface area (Å²) >= 11 is 0. The third-order valence-corrected chi connectivity index (χ3v) is 7.96.